The van der Waals surface area contributed by atoms with E-state index in [0.717, 1.165) is 31.5 Å². The second-order valence-electron chi connectivity index (χ2n) is 6.09. The van der Waals surface area contributed by atoms with Gasteiger partial charge in [0.25, 0.3) is 0 Å². The first kappa shape index (κ1) is 12.7. The third-order valence-electron chi connectivity index (χ3n) is 4.42. The van der Waals surface area contributed by atoms with Gasteiger partial charge in [-0.05, 0) is 43.4 Å². The number of hydrogen-bond donors (Lipinski definition) is 1. The van der Waals surface area contributed by atoms with Crippen LogP contribution in [-0.4, -0.2) is 30.5 Å². The van der Waals surface area contributed by atoms with Gasteiger partial charge in [-0.15, -0.1) is 0 Å². The van der Waals surface area contributed by atoms with Crippen molar-refractivity contribution in [2.24, 2.45) is 22.1 Å². The Morgan fingerprint density at radius 3 is 2.53 bits per heavy atom. The van der Waals surface area contributed by atoms with Gasteiger partial charge in [-0.2, -0.15) is 0 Å². The number of nitrogens with two attached hydrogens (primary N) is 1. The lowest BCUT2D eigenvalue weighted by Crippen LogP contribution is -2.42. The topological polar surface area (TPSA) is 41.6 Å². The second kappa shape index (κ2) is 5.28. The van der Waals surface area contributed by atoms with E-state index in [0.29, 0.717) is 5.41 Å². The van der Waals surface area contributed by atoms with E-state index >= 15 is 0 Å². The molecule has 2 rings (SSSR count). The summed E-state index contributed by atoms with van der Waals surface area (Å²) in [6.07, 6.45) is 7.83. The van der Waals surface area contributed by atoms with E-state index in [9.17, 15) is 0 Å². The third-order valence-corrected chi connectivity index (χ3v) is 4.42. The lowest BCUT2D eigenvalue weighted by atomic mass is 9.99. The molecule has 2 N–H and O–H groups in total. The summed E-state index contributed by atoms with van der Waals surface area (Å²) >= 11 is 0. The van der Waals surface area contributed by atoms with Gasteiger partial charge < -0.3 is 10.6 Å². The Kier molecular flexibility index (Phi) is 3.95. The minimum Gasteiger partial charge on any atom is -0.370 e. The van der Waals surface area contributed by atoms with Crippen molar-refractivity contribution in [2.75, 3.05) is 19.6 Å². The fourth-order valence-electron chi connectivity index (χ4n) is 2.78. The van der Waals surface area contributed by atoms with Gasteiger partial charge in [0.15, 0.2) is 5.96 Å². The molecule has 17 heavy (non-hydrogen) atoms. The van der Waals surface area contributed by atoms with E-state index in [1.165, 1.54) is 38.5 Å². The molecule has 1 aliphatic heterocycles. The molecule has 0 bridgehead atoms. The van der Waals surface area contributed by atoms with Crippen molar-refractivity contribution in [3.63, 3.8) is 0 Å². The van der Waals surface area contributed by atoms with Crippen LogP contribution in [0.15, 0.2) is 4.99 Å². The van der Waals surface area contributed by atoms with Crippen LogP contribution in [0.25, 0.3) is 0 Å². The maximum absolute atomic E-state index is 6.10. The maximum Gasteiger partial charge on any atom is 0.191 e. The number of likely N-dealkylation sites (tertiary alicyclic amines) is 1. The highest BCUT2D eigenvalue weighted by molar-refractivity contribution is 5.78. The van der Waals surface area contributed by atoms with E-state index in [1.807, 2.05) is 0 Å². The van der Waals surface area contributed by atoms with E-state index < -0.39 is 0 Å². The normalized spacial score (nSPS) is 25.1. The predicted molar refractivity (Wildman–Crippen MR) is 73.0 cm³/mol. The van der Waals surface area contributed by atoms with Crippen LogP contribution in [0.2, 0.25) is 0 Å². The smallest absolute Gasteiger partial charge is 0.191 e. The largest absolute Gasteiger partial charge is 0.370 e. The average molecular weight is 237 g/mol. The maximum atomic E-state index is 6.10. The molecule has 0 amide bonds. The Morgan fingerprint density at radius 1 is 1.35 bits per heavy atom. The van der Waals surface area contributed by atoms with Gasteiger partial charge in [0.2, 0.25) is 0 Å². The quantitative estimate of drug-likeness (QED) is 0.603. The van der Waals surface area contributed by atoms with Crippen molar-refractivity contribution in [1.82, 2.24) is 4.90 Å². The Labute approximate surface area is 105 Å². The summed E-state index contributed by atoms with van der Waals surface area (Å²) in [6, 6.07) is 0. The highest BCUT2D eigenvalue weighted by Gasteiger charge is 2.41. The van der Waals surface area contributed by atoms with Crippen LogP contribution in [-0.2, 0) is 0 Å². The van der Waals surface area contributed by atoms with Crippen molar-refractivity contribution in [3.05, 3.63) is 0 Å². The molecule has 1 saturated carbocycles. The molecular formula is C14H27N3. The van der Waals surface area contributed by atoms with Crippen LogP contribution in [0.4, 0.5) is 0 Å². The van der Waals surface area contributed by atoms with Gasteiger partial charge in [-0.1, -0.05) is 20.3 Å². The summed E-state index contributed by atoms with van der Waals surface area (Å²) in [6.45, 7) is 7.73. The number of aliphatic imine (C=N–C) groups is 1. The Bertz CT molecular complexity index is 273. The molecule has 0 aromatic heterocycles. The summed E-state index contributed by atoms with van der Waals surface area (Å²) in [5.74, 6) is 1.65. The van der Waals surface area contributed by atoms with E-state index in [1.54, 1.807) is 0 Å². The van der Waals surface area contributed by atoms with Gasteiger partial charge in [0.1, 0.15) is 0 Å². The van der Waals surface area contributed by atoms with E-state index in [4.69, 9.17) is 5.73 Å². The van der Waals surface area contributed by atoms with Gasteiger partial charge in [-0.25, -0.2) is 0 Å². The minimum atomic E-state index is 0.530. The Morgan fingerprint density at radius 2 is 2.00 bits per heavy atom. The zero-order chi connectivity index (χ0) is 12.3. The van der Waals surface area contributed by atoms with Crippen molar-refractivity contribution in [3.8, 4) is 0 Å². The molecule has 2 aliphatic rings. The SMILES string of the molecule is CCCC1(CN=C(N)N2CCC(C)CC2)CC1. The molecule has 1 heterocycles. The summed E-state index contributed by atoms with van der Waals surface area (Å²) in [5, 5.41) is 0. The molecule has 0 atom stereocenters. The van der Waals surface area contributed by atoms with Crippen molar-refractivity contribution in [1.29, 1.82) is 0 Å². The van der Waals surface area contributed by atoms with Crippen LogP contribution in [0.1, 0.15) is 52.4 Å². The molecule has 98 valence electrons. The number of guanidine groups is 1. The van der Waals surface area contributed by atoms with Crippen LogP contribution >= 0.6 is 0 Å². The van der Waals surface area contributed by atoms with Crippen LogP contribution in [0, 0.1) is 11.3 Å². The van der Waals surface area contributed by atoms with Crippen LogP contribution in [0.3, 0.4) is 0 Å². The fraction of sp³-hybridized carbons (Fsp3) is 0.929. The van der Waals surface area contributed by atoms with Crippen molar-refractivity contribution < 1.29 is 0 Å². The summed E-state index contributed by atoms with van der Waals surface area (Å²) in [4.78, 5) is 6.91. The first-order valence-corrected chi connectivity index (χ1v) is 7.20. The fourth-order valence-corrected chi connectivity index (χ4v) is 2.78. The van der Waals surface area contributed by atoms with Gasteiger partial charge >= 0.3 is 0 Å². The minimum absolute atomic E-state index is 0.530. The molecule has 3 heteroatoms. The molecule has 0 unspecified atom stereocenters. The van der Waals surface area contributed by atoms with Crippen molar-refractivity contribution in [2.45, 2.75) is 52.4 Å². The zero-order valence-corrected chi connectivity index (χ0v) is 11.4. The summed E-state index contributed by atoms with van der Waals surface area (Å²) in [5.41, 5.74) is 6.63. The number of rotatable bonds is 4. The Hall–Kier alpha value is -0.730. The molecule has 2 fully saturated rings. The lowest BCUT2D eigenvalue weighted by Gasteiger charge is -2.31. The molecule has 0 aromatic carbocycles. The van der Waals surface area contributed by atoms with E-state index in [2.05, 4.69) is 23.7 Å². The zero-order valence-electron chi connectivity index (χ0n) is 11.4. The number of hydrogen-bond acceptors (Lipinski definition) is 1. The molecule has 3 nitrogen and oxygen atoms in total. The molecular weight excluding hydrogens is 210 g/mol. The van der Waals surface area contributed by atoms with Crippen molar-refractivity contribution >= 4 is 5.96 Å². The number of piperidine rings is 1. The van der Waals surface area contributed by atoms with E-state index in [-0.39, 0.29) is 0 Å². The second-order valence-corrected chi connectivity index (χ2v) is 6.09. The molecule has 0 spiro atoms. The molecule has 1 aliphatic carbocycles. The average Bonchev–Trinajstić information content (AvgIpc) is 3.08. The summed E-state index contributed by atoms with van der Waals surface area (Å²) < 4.78 is 0. The molecule has 1 saturated heterocycles. The third kappa shape index (κ3) is 3.36. The molecule has 0 aromatic rings. The van der Waals surface area contributed by atoms with Crippen LogP contribution < -0.4 is 5.73 Å². The van der Waals surface area contributed by atoms with Gasteiger partial charge in [-0.3, -0.25) is 4.99 Å². The highest BCUT2D eigenvalue weighted by atomic mass is 15.3. The Balaban J connectivity index is 1.81. The van der Waals surface area contributed by atoms with Crippen LogP contribution in [0.5, 0.6) is 0 Å². The molecule has 0 radical (unpaired) electrons. The number of nitrogens with zero attached hydrogens (tertiary/aromatic N) is 2. The predicted octanol–water partition coefficient (Wildman–Crippen LogP) is 2.61. The summed E-state index contributed by atoms with van der Waals surface area (Å²) in [7, 11) is 0. The highest BCUT2D eigenvalue weighted by Crippen LogP contribution is 2.49. The standard InChI is InChI=1S/C14H27N3/c1-3-6-14(7-8-14)11-16-13(15)17-9-4-12(2)5-10-17/h12H,3-11H2,1-2H3,(H2,15,16). The monoisotopic (exact) mass is 237 g/mol. The van der Waals surface area contributed by atoms with Gasteiger partial charge in [0, 0.05) is 19.6 Å². The lowest BCUT2D eigenvalue weighted by molar-refractivity contribution is 0.277. The first-order chi connectivity index (χ1) is 8.15. The first-order valence-electron chi connectivity index (χ1n) is 7.20. The van der Waals surface area contributed by atoms with Gasteiger partial charge in [0.05, 0.1) is 0 Å².